The third kappa shape index (κ3) is 2.24. The van der Waals surface area contributed by atoms with E-state index in [1.165, 1.54) is 6.07 Å². The van der Waals surface area contributed by atoms with Crippen molar-refractivity contribution < 1.29 is 39.5 Å². The molecule has 1 aliphatic heterocycles. The Kier molecular flexibility index (Phi) is 3.36. The zero-order chi connectivity index (χ0) is 8.55. The largest absolute Gasteiger partial charge is 1.00 e. The van der Waals surface area contributed by atoms with Gasteiger partial charge in [0.2, 0.25) is 5.91 Å². The second-order valence-corrected chi connectivity index (χ2v) is 2.87. The van der Waals surface area contributed by atoms with E-state index in [4.69, 9.17) is 0 Å². The van der Waals surface area contributed by atoms with Gasteiger partial charge in [0.25, 0.3) is 0 Å². The Balaban J connectivity index is 0.000000845. The number of aryl methyl sites for hydroxylation is 1. The Hall–Kier alpha value is -0.510. The summed E-state index contributed by atoms with van der Waals surface area (Å²) in [5.41, 5.74) is 1.73. The summed E-state index contributed by atoms with van der Waals surface area (Å²) < 4.78 is 0. The van der Waals surface area contributed by atoms with Gasteiger partial charge in [-0.2, -0.15) is 0 Å². The Morgan fingerprint density at radius 3 is 2.85 bits per heavy atom. The maximum Gasteiger partial charge on any atom is 1.00 e. The maximum atomic E-state index is 10.9. The molecule has 0 saturated heterocycles. The predicted molar refractivity (Wildman–Crippen MR) is 42.8 cm³/mol. The van der Waals surface area contributed by atoms with Gasteiger partial charge >= 0.3 is 29.6 Å². The molecule has 1 aromatic rings. The summed E-state index contributed by atoms with van der Waals surface area (Å²) in [6.45, 7) is 0. The average molecular weight is 185 g/mol. The van der Waals surface area contributed by atoms with Gasteiger partial charge in [0.15, 0.2) is 0 Å². The molecule has 0 aromatic heterocycles. The van der Waals surface area contributed by atoms with Crippen LogP contribution in [0.25, 0.3) is 0 Å². The van der Waals surface area contributed by atoms with Crippen LogP contribution in [-0.2, 0) is 11.2 Å². The van der Waals surface area contributed by atoms with Crippen molar-refractivity contribution >= 4 is 11.6 Å². The molecule has 1 aromatic carbocycles. The van der Waals surface area contributed by atoms with Crippen molar-refractivity contribution in [1.82, 2.24) is 0 Å². The molecule has 13 heavy (non-hydrogen) atoms. The van der Waals surface area contributed by atoms with Crippen LogP contribution in [0, 0.1) is 0 Å². The first-order valence-electron chi connectivity index (χ1n) is 3.85. The first-order valence-corrected chi connectivity index (χ1v) is 3.85. The van der Waals surface area contributed by atoms with Crippen molar-refractivity contribution in [1.29, 1.82) is 0 Å². The van der Waals surface area contributed by atoms with E-state index in [1.807, 2.05) is 0 Å². The van der Waals surface area contributed by atoms with Crippen LogP contribution in [0.5, 0.6) is 5.75 Å². The van der Waals surface area contributed by atoms with Gasteiger partial charge in [0.1, 0.15) is 0 Å². The van der Waals surface area contributed by atoms with Gasteiger partial charge in [0.05, 0.1) is 0 Å². The number of hydrogen-bond donors (Lipinski definition) is 1. The van der Waals surface area contributed by atoms with Crippen molar-refractivity contribution in [3.63, 3.8) is 0 Å². The van der Waals surface area contributed by atoms with Gasteiger partial charge < -0.3 is 10.4 Å². The van der Waals surface area contributed by atoms with Gasteiger partial charge in [-0.1, -0.05) is 12.1 Å². The second kappa shape index (κ2) is 4.13. The predicted octanol–water partition coefficient (Wildman–Crippen LogP) is -2.35. The number of benzene rings is 1. The maximum absolute atomic E-state index is 10.9. The van der Waals surface area contributed by atoms with E-state index in [2.05, 4.69) is 5.32 Å². The molecule has 1 heterocycles. The third-order valence-corrected chi connectivity index (χ3v) is 1.97. The summed E-state index contributed by atoms with van der Waals surface area (Å²) in [7, 11) is 0. The second-order valence-electron chi connectivity index (χ2n) is 2.87. The van der Waals surface area contributed by atoms with Crippen molar-refractivity contribution in [2.75, 3.05) is 5.32 Å². The molecular formula is C9H8NNaO2. The zero-order valence-corrected chi connectivity index (χ0v) is 9.46. The molecule has 0 fully saturated rings. The Morgan fingerprint density at radius 2 is 2.08 bits per heavy atom. The minimum Gasteiger partial charge on any atom is -0.872 e. The number of anilines is 1. The molecule has 0 spiro atoms. The SMILES string of the molecule is O=C1CCc2cc([O-])ccc2N1.[Na+]. The van der Waals surface area contributed by atoms with Crippen LogP contribution in [0.2, 0.25) is 0 Å². The summed E-state index contributed by atoms with van der Waals surface area (Å²) in [4.78, 5) is 10.9. The first kappa shape index (κ1) is 10.6. The van der Waals surface area contributed by atoms with E-state index in [9.17, 15) is 9.90 Å². The molecule has 62 valence electrons. The van der Waals surface area contributed by atoms with Crippen LogP contribution >= 0.6 is 0 Å². The molecule has 4 heteroatoms. The summed E-state index contributed by atoms with van der Waals surface area (Å²) in [5.74, 6) is 0.0334. The normalized spacial score (nSPS) is 14.0. The van der Waals surface area contributed by atoms with Crippen LogP contribution in [0.15, 0.2) is 18.2 Å². The van der Waals surface area contributed by atoms with E-state index >= 15 is 0 Å². The zero-order valence-electron chi connectivity index (χ0n) is 7.46. The van der Waals surface area contributed by atoms with Gasteiger partial charge in [-0.3, -0.25) is 4.79 Å². The van der Waals surface area contributed by atoms with Gasteiger partial charge in [-0.15, -0.1) is 5.75 Å². The smallest absolute Gasteiger partial charge is 0.872 e. The minimum atomic E-state index is 0. The van der Waals surface area contributed by atoms with Gasteiger partial charge in [-0.05, 0) is 18.1 Å². The van der Waals surface area contributed by atoms with E-state index in [0.717, 1.165) is 11.3 Å². The molecule has 0 bridgehead atoms. The van der Waals surface area contributed by atoms with Crippen LogP contribution < -0.4 is 40.0 Å². The molecule has 1 amide bonds. The molecule has 0 saturated carbocycles. The Labute approximate surface area is 98.4 Å². The number of fused-ring (bicyclic) bond motifs is 1. The Morgan fingerprint density at radius 1 is 1.31 bits per heavy atom. The minimum absolute atomic E-state index is 0. The summed E-state index contributed by atoms with van der Waals surface area (Å²) in [5, 5.41) is 13.6. The molecular weight excluding hydrogens is 177 g/mol. The van der Waals surface area contributed by atoms with Crippen LogP contribution in [-0.4, -0.2) is 5.91 Å². The van der Waals surface area contributed by atoms with E-state index in [0.29, 0.717) is 12.8 Å². The van der Waals surface area contributed by atoms with Crippen molar-refractivity contribution in [3.05, 3.63) is 23.8 Å². The number of hydrogen-bond acceptors (Lipinski definition) is 2. The van der Waals surface area contributed by atoms with Crippen molar-refractivity contribution in [2.24, 2.45) is 0 Å². The molecule has 0 atom stereocenters. The summed E-state index contributed by atoms with van der Waals surface area (Å²) in [6, 6.07) is 4.70. The summed E-state index contributed by atoms with van der Waals surface area (Å²) in [6.07, 6.45) is 1.16. The quantitative estimate of drug-likeness (QED) is 0.460. The standard InChI is InChI=1S/C9H9NO2.Na/c11-7-2-3-8-6(5-7)1-4-9(12)10-8;/h2-3,5,11H,1,4H2,(H,10,12);/q;+1/p-1. The molecule has 3 nitrogen and oxygen atoms in total. The Bertz CT molecular complexity index is 338. The van der Waals surface area contributed by atoms with Crippen LogP contribution in [0.3, 0.4) is 0 Å². The van der Waals surface area contributed by atoms with E-state index in [1.54, 1.807) is 12.1 Å². The fourth-order valence-electron chi connectivity index (χ4n) is 1.36. The van der Waals surface area contributed by atoms with Crippen LogP contribution in [0.4, 0.5) is 5.69 Å². The number of amides is 1. The van der Waals surface area contributed by atoms with Crippen molar-refractivity contribution in [2.45, 2.75) is 12.8 Å². The summed E-state index contributed by atoms with van der Waals surface area (Å²) >= 11 is 0. The molecule has 2 rings (SSSR count). The van der Waals surface area contributed by atoms with E-state index < -0.39 is 0 Å². The fraction of sp³-hybridized carbons (Fsp3) is 0.222. The number of carbonyl (C=O) groups is 1. The number of rotatable bonds is 0. The third-order valence-electron chi connectivity index (χ3n) is 1.97. The molecule has 0 aliphatic carbocycles. The average Bonchev–Trinajstić information content (AvgIpc) is 2.05. The number of carbonyl (C=O) groups excluding carboxylic acids is 1. The van der Waals surface area contributed by atoms with Crippen LogP contribution in [0.1, 0.15) is 12.0 Å². The monoisotopic (exact) mass is 185 g/mol. The van der Waals surface area contributed by atoms with Gasteiger partial charge in [-0.25, -0.2) is 0 Å². The molecule has 1 N–H and O–H groups in total. The van der Waals surface area contributed by atoms with E-state index in [-0.39, 0.29) is 41.2 Å². The topological polar surface area (TPSA) is 52.2 Å². The van der Waals surface area contributed by atoms with Crippen molar-refractivity contribution in [3.8, 4) is 5.75 Å². The van der Waals surface area contributed by atoms with Gasteiger partial charge in [0, 0.05) is 12.1 Å². The fourth-order valence-corrected chi connectivity index (χ4v) is 1.36. The number of nitrogens with one attached hydrogen (secondary N) is 1. The first-order chi connectivity index (χ1) is 5.75. The molecule has 1 aliphatic rings. The molecule has 0 radical (unpaired) electrons. The molecule has 0 unspecified atom stereocenters.